The zero-order valence-corrected chi connectivity index (χ0v) is 14.0. The van der Waals surface area contributed by atoms with Crippen molar-refractivity contribution in [2.75, 3.05) is 14.2 Å². The van der Waals surface area contributed by atoms with Gasteiger partial charge in [-0.2, -0.15) is 0 Å². The summed E-state index contributed by atoms with van der Waals surface area (Å²) in [6.45, 7) is 6.76. The molecule has 2 rings (SSSR count). The minimum atomic E-state index is -0.427. The van der Waals surface area contributed by atoms with Gasteiger partial charge in [0.05, 0.1) is 13.2 Å². The molecule has 0 amide bonds. The zero-order valence-electron chi connectivity index (χ0n) is 14.0. The molecule has 0 fully saturated rings. The Morgan fingerprint density at radius 1 is 1.33 bits per heavy atom. The van der Waals surface area contributed by atoms with Crippen LogP contribution in [-0.4, -0.2) is 36.2 Å². The number of aryl methyl sites for hydroxylation is 1. The summed E-state index contributed by atoms with van der Waals surface area (Å²) in [6, 6.07) is 6.74. The summed E-state index contributed by atoms with van der Waals surface area (Å²) < 4.78 is 5.30. The van der Waals surface area contributed by atoms with Gasteiger partial charge in [-0.25, -0.2) is 0 Å². The highest BCUT2D eigenvalue weighted by molar-refractivity contribution is 5.39. The van der Waals surface area contributed by atoms with Crippen LogP contribution in [0.3, 0.4) is 0 Å². The van der Waals surface area contributed by atoms with E-state index in [0.717, 1.165) is 30.6 Å². The van der Waals surface area contributed by atoms with E-state index < -0.39 is 6.10 Å². The number of hydrogen-bond donors (Lipinski definition) is 1. The minimum absolute atomic E-state index is 0.193. The first kappa shape index (κ1) is 16.3. The fourth-order valence-corrected chi connectivity index (χ4v) is 3.47. The fraction of sp³-hybridized carbons (Fsp3) is 0.667. The van der Waals surface area contributed by atoms with Crippen LogP contribution in [0.1, 0.15) is 50.8 Å². The summed E-state index contributed by atoms with van der Waals surface area (Å²) >= 11 is 0. The zero-order chi connectivity index (χ0) is 15.6. The first-order valence-corrected chi connectivity index (χ1v) is 8.00. The Kier molecular flexibility index (Phi) is 5.28. The molecule has 0 spiro atoms. The van der Waals surface area contributed by atoms with E-state index in [1.807, 2.05) is 12.1 Å². The predicted molar refractivity (Wildman–Crippen MR) is 86.7 cm³/mol. The van der Waals surface area contributed by atoms with Gasteiger partial charge in [0.15, 0.2) is 0 Å². The maximum absolute atomic E-state index is 10.8. The maximum atomic E-state index is 10.8. The Labute approximate surface area is 128 Å². The molecule has 1 aliphatic rings. The highest BCUT2D eigenvalue weighted by Gasteiger charge is 2.32. The molecule has 0 bridgehead atoms. The summed E-state index contributed by atoms with van der Waals surface area (Å²) in [5.74, 6) is 1.50. The second kappa shape index (κ2) is 6.80. The lowest BCUT2D eigenvalue weighted by atomic mass is 9.84. The van der Waals surface area contributed by atoms with Crippen LogP contribution >= 0.6 is 0 Å². The fourth-order valence-electron chi connectivity index (χ4n) is 3.47. The Morgan fingerprint density at radius 3 is 2.67 bits per heavy atom. The van der Waals surface area contributed by atoms with Crippen LogP contribution in [0.2, 0.25) is 0 Å². The van der Waals surface area contributed by atoms with Gasteiger partial charge in [0, 0.05) is 12.1 Å². The number of benzene rings is 1. The average molecular weight is 291 g/mol. The first-order valence-electron chi connectivity index (χ1n) is 8.00. The summed E-state index contributed by atoms with van der Waals surface area (Å²) in [6.07, 6.45) is 2.77. The van der Waals surface area contributed by atoms with Crippen molar-refractivity contribution in [3.8, 4) is 5.75 Å². The number of fused-ring (bicyclic) bond motifs is 1. The van der Waals surface area contributed by atoms with Crippen molar-refractivity contribution < 1.29 is 9.84 Å². The Balaban J connectivity index is 2.17. The molecule has 1 aliphatic carbocycles. The summed E-state index contributed by atoms with van der Waals surface area (Å²) in [4.78, 5) is 2.35. The molecule has 0 saturated carbocycles. The molecule has 0 aromatic heterocycles. The molecule has 1 aromatic carbocycles. The third kappa shape index (κ3) is 3.58. The average Bonchev–Trinajstić information content (AvgIpc) is 2.46. The van der Waals surface area contributed by atoms with Crippen molar-refractivity contribution in [1.29, 1.82) is 0 Å². The molecule has 3 heteroatoms. The van der Waals surface area contributed by atoms with Crippen molar-refractivity contribution in [3.05, 3.63) is 29.3 Å². The van der Waals surface area contributed by atoms with E-state index in [9.17, 15) is 5.11 Å². The van der Waals surface area contributed by atoms with E-state index in [4.69, 9.17) is 4.74 Å². The van der Waals surface area contributed by atoms with Gasteiger partial charge in [-0.05, 0) is 62.4 Å². The molecular weight excluding hydrogens is 262 g/mol. The van der Waals surface area contributed by atoms with Crippen LogP contribution in [0.4, 0.5) is 0 Å². The van der Waals surface area contributed by atoms with Crippen LogP contribution in [0.15, 0.2) is 18.2 Å². The second-order valence-electron chi connectivity index (χ2n) is 6.76. The van der Waals surface area contributed by atoms with E-state index in [2.05, 4.69) is 38.8 Å². The quantitative estimate of drug-likeness (QED) is 0.902. The summed E-state index contributed by atoms with van der Waals surface area (Å²) in [7, 11) is 3.82. The topological polar surface area (TPSA) is 32.7 Å². The number of methoxy groups -OCH3 is 1. The molecule has 3 unspecified atom stereocenters. The van der Waals surface area contributed by atoms with E-state index in [1.54, 1.807) is 7.11 Å². The summed E-state index contributed by atoms with van der Waals surface area (Å²) in [5.41, 5.74) is 2.29. The highest BCUT2D eigenvalue weighted by atomic mass is 16.5. The van der Waals surface area contributed by atoms with Crippen LogP contribution < -0.4 is 4.74 Å². The predicted octanol–water partition coefficient (Wildman–Crippen LogP) is 3.41. The molecule has 3 nitrogen and oxygen atoms in total. The third-order valence-electron chi connectivity index (χ3n) is 4.78. The number of nitrogens with zero attached hydrogens (tertiary/aromatic N) is 1. The van der Waals surface area contributed by atoms with Crippen molar-refractivity contribution in [1.82, 2.24) is 4.90 Å². The van der Waals surface area contributed by atoms with Gasteiger partial charge in [0.2, 0.25) is 0 Å². The number of rotatable bonds is 5. The normalized spacial score (nSPS) is 23.2. The summed E-state index contributed by atoms with van der Waals surface area (Å²) in [5, 5.41) is 10.8. The van der Waals surface area contributed by atoms with Gasteiger partial charge >= 0.3 is 0 Å². The molecule has 1 aromatic rings. The third-order valence-corrected chi connectivity index (χ3v) is 4.78. The van der Waals surface area contributed by atoms with E-state index in [0.29, 0.717) is 12.0 Å². The largest absolute Gasteiger partial charge is 0.497 e. The van der Waals surface area contributed by atoms with Crippen LogP contribution in [0, 0.1) is 5.92 Å². The molecular formula is C18H29NO2. The Bertz CT molecular complexity index is 472. The number of hydrogen-bond acceptors (Lipinski definition) is 3. The lowest BCUT2D eigenvalue weighted by Crippen LogP contribution is -2.44. The van der Waals surface area contributed by atoms with Gasteiger partial charge in [-0.15, -0.1) is 0 Å². The monoisotopic (exact) mass is 291 g/mol. The molecule has 3 atom stereocenters. The Hall–Kier alpha value is -1.06. The van der Waals surface area contributed by atoms with Crippen molar-refractivity contribution in [2.24, 2.45) is 5.92 Å². The van der Waals surface area contributed by atoms with Gasteiger partial charge < -0.3 is 9.84 Å². The molecule has 0 radical (unpaired) electrons. The number of aliphatic hydroxyl groups excluding tert-OH is 1. The molecule has 118 valence electrons. The minimum Gasteiger partial charge on any atom is -0.497 e. The number of likely N-dealkylation sites (N-methyl/N-ethyl adjacent to an activating group) is 1. The molecule has 0 heterocycles. The van der Waals surface area contributed by atoms with Gasteiger partial charge in [0.1, 0.15) is 5.75 Å². The van der Waals surface area contributed by atoms with Crippen molar-refractivity contribution in [2.45, 2.75) is 58.2 Å². The molecule has 1 N–H and O–H groups in total. The van der Waals surface area contributed by atoms with Crippen LogP contribution in [0.25, 0.3) is 0 Å². The second-order valence-corrected chi connectivity index (χ2v) is 6.76. The van der Waals surface area contributed by atoms with Crippen LogP contribution in [-0.2, 0) is 6.42 Å². The lowest BCUT2D eigenvalue weighted by molar-refractivity contribution is 0.0270. The van der Waals surface area contributed by atoms with Gasteiger partial charge in [-0.3, -0.25) is 4.90 Å². The standard InChI is InChI=1S/C18H29NO2/c1-12(2)10-13(3)19(4)17-9-7-14-6-8-15(21-5)11-16(14)18(17)20/h6,8,11-13,17-18,20H,7,9-10H2,1-5H3. The SMILES string of the molecule is COc1ccc2c(c1)C(O)C(N(C)C(C)CC(C)C)CC2. The van der Waals surface area contributed by atoms with Crippen LogP contribution in [0.5, 0.6) is 5.75 Å². The first-order chi connectivity index (χ1) is 9.93. The van der Waals surface area contributed by atoms with Gasteiger partial charge in [-0.1, -0.05) is 19.9 Å². The molecule has 21 heavy (non-hydrogen) atoms. The van der Waals surface area contributed by atoms with Gasteiger partial charge in [0.25, 0.3) is 0 Å². The number of aliphatic hydroxyl groups is 1. The van der Waals surface area contributed by atoms with Crippen molar-refractivity contribution in [3.63, 3.8) is 0 Å². The van der Waals surface area contributed by atoms with E-state index in [-0.39, 0.29) is 6.04 Å². The van der Waals surface area contributed by atoms with E-state index in [1.165, 1.54) is 5.56 Å². The molecule has 0 saturated heterocycles. The smallest absolute Gasteiger partial charge is 0.119 e. The lowest BCUT2D eigenvalue weighted by Gasteiger charge is -2.40. The number of ether oxygens (including phenoxy) is 1. The van der Waals surface area contributed by atoms with E-state index >= 15 is 0 Å². The Morgan fingerprint density at radius 2 is 2.05 bits per heavy atom. The maximum Gasteiger partial charge on any atom is 0.119 e. The molecule has 0 aliphatic heterocycles. The highest BCUT2D eigenvalue weighted by Crippen LogP contribution is 2.35. The van der Waals surface area contributed by atoms with Crippen molar-refractivity contribution >= 4 is 0 Å².